The molecule has 1 unspecified atom stereocenters. The molecule has 1 atom stereocenters. The van der Waals surface area contributed by atoms with Crippen molar-refractivity contribution in [2.75, 3.05) is 12.8 Å². The summed E-state index contributed by atoms with van der Waals surface area (Å²) >= 11 is 0. The van der Waals surface area contributed by atoms with Gasteiger partial charge in [-0.15, -0.1) is 0 Å². The van der Waals surface area contributed by atoms with Crippen molar-refractivity contribution in [2.45, 2.75) is 38.1 Å². The summed E-state index contributed by atoms with van der Waals surface area (Å²) < 4.78 is 27.3. The SMILES string of the molecule is CC(NCC(C)(C)S(C)(=O)=O)C(=O)NCc1ccco1. The highest BCUT2D eigenvalue weighted by atomic mass is 32.2. The van der Waals surface area contributed by atoms with E-state index in [1.165, 1.54) is 12.5 Å². The van der Waals surface area contributed by atoms with Gasteiger partial charge in [0.15, 0.2) is 9.84 Å². The molecular weight excluding hydrogens is 280 g/mol. The van der Waals surface area contributed by atoms with Crippen molar-refractivity contribution in [2.24, 2.45) is 0 Å². The maximum atomic E-state index is 11.8. The normalized spacial score (nSPS) is 14.0. The molecule has 1 amide bonds. The van der Waals surface area contributed by atoms with Crippen LogP contribution in [0.5, 0.6) is 0 Å². The van der Waals surface area contributed by atoms with E-state index in [2.05, 4.69) is 10.6 Å². The standard InChI is InChI=1S/C13H22N2O4S/c1-10(15-9-13(2,3)20(4,17)18)12(16)14-8-11-6-5-7-19-11/h5-7,10,15H,8-9H2,1-4H3,(H,14,16). The van der Waals surface area contributed by atoms with Crippen LogP contribution in [0, 0.1) is 0 Å². The molecule has 0 fully saturated rings. The van der Waals surface area contributed by atoms with Crippen LogP contribution in [0.25, 0.3) is 0 Å². The second kappa shape index (κ2) is 6.41. The van der Waals surface area contributed by atoms with E-state index in [-0.39, 0.29) is 12.5 Å². The lowest BCUT2D eigenvalue weighted by Crippen LogP contribution is -2.49. The molecule has 6 nitrogen and oxygen atoms in total. The lowest BCUT2D eigenvalue weighted by Gasteiger charge is -2.25. The summed E-state index contributed by atoms with van der Waals surface area (Å²) in [5.74, 6) is 0.465. The minimum Gasteiger partial charge on any atom is -0.467 e. The van der Waals surface area contributed by atoms with Crippen LogP contribution in [0.3, 0.4) is 0 Å². The predicted molar refractivity (Wildman–Crippen MR) is 76.9 cm³/mol. The van der Waals surface area contributed by atoms with E-state index in [1.807, 2.05) is 0 Å². The zero-order valence-corrected chi connectivity index (χ0v) is 13.1. The van der Waals surface area contributed by atoms with Crippen LogP contribution in [0.15, 0.2) is 22.8 Å². The summed E-state index contributed by atoms with van der Waals surface area (Å²) in [6.45, 7) is 5.47. The number of rotatable bonds is 7. The van der Waals surface area contributed by atoms with Gasteiger partial charge in [-0.25, -0.2) is 8.42 Å². The average Bonchev–Trinajstić information content (AvgIpc) is 2.84. The number of carbonyl (C=O) groups is 1. The van der Waals surface area contributed by atoms with Crippen molar-refractivity contribution in [1.82, 2.24) is 10.6 Å². The fourth-order valence-electron chi connectivity index (χ4n) is 1.36. The Balaban J connectivity index is 2.42. The van der Waals surface area contributed by atoms with Gasteiger partial charge in [0.25, 0.3) is 0 Å². The van der Waals surface area contributed by atoms with Crippen LogP contribution in [-0.4, -0.2) is 37.9 Å². The summed E-state index contributed by atoms with van der Waals surface area (Å²) in [6, 6.07) is 3.04. The van der Waals surface area contributed by atoms with E-state index in [0.29, 0.717) is 12.3 Å². The Hall–Kier alpha value is -1.34. The van der Waals surface area contributed by atoms with E-state index in [1.54, 1.807) is 32.9 Å². The highest BCUT2D eigenvalue weighted by molar-refractivity contribution is 7.92. The van der Waals surface area contributed by atoms with Gasteiger partial charge in [0.2, 0.25) is 5.91 Å². The number of furan rings is 1. The first-order valence-electron chi connectivity index (χ1n) is 6.36. The van der Waals surface area contributed by atoms with Gasteiger partial charge in [-0.2, -0.15) is 0 Å². The second-order valence-electron chi connectivity index (χ2n) is 5.43. The van der Waals surface area contributed by atoms with Gasteiger partial charge in [0.05, 0.1) is 23.6 Å². The molecule has 0 saturated heterocycles. The minimum absolute atomic E-state index is 0.203. The van der Waals surface area contributed by atoms with Crippen LogP contribution in [0.1, 0.15) is 26.5 Å². The molecule has 1 heterocycles. The first kappa shape index (κ1) is 16.7. The Kier molecular flexibility index (Phi) is 5.35. The van der Waals surface area contributed by atoms with Crippen LogP contribution in [0.4, 0.5) is 0 Å². The monoisotopic (exact) mass is 302 g/mol. The molecule has 0 aliphatic heterocycles. The summed E-state index contributed by atoms with van der Waals surface area (Å²) in [4.78, 5) is 11.8. The number of nitrogens with one attached hydrogen (secondary N) is 2. The van der Waals surface area contributed by atoms with Gasteiger partial charge in [0.1, 0.15) is 5.76 Å². The van der Waals surface area contributed by atoms with E-state index in [4.69, 9.17) is 4.42 Å². The molecule has 1 aromatic rings. The Labute approximate surface area is 119 Å². The Bertz CT molecular complexity index is 535. The smallest absolute Gasteiger partial charge is 0.237 e. The van der Waals surface area contributed by atoms with Gasteiger partial charge < -0.3 is 15.1 Å². The molecule has 20 heavy (non-hydrogen) atoms. The molecule has 0 saturated carbocycles. The van der Waals surface area contributed by atoms with E-state index >= 15 is 0 Å². The van der Waals surface area contributed by atoms with Crippen molar-refractivity contribution >= 4 is 15.7 Å². The first-order chi connectivity index (χ1) is 9.13. The fraction of sp³-hybridized carbons (Fsp3) is 0.615. The number of carbonyl (C=O) groups excluding carboxylic acids is 1. The molecule has 1 aromatic heterocycles. The topological polar surface area (TPSA) is 88.4 Å². The highest BCUT2D eigenvalue weighted by Crippen LogP contribution is 2.13. The average molecular weight is 302 g/mol. The van der Waals surface area contributed by atoms with Crippen LogP contribution in [-0.2, 0) is 21.2 Å². The molecule has 7 heteroatoms. The summed E-state index contributed by atoms with van der Waals surface area (Å²) in [6.07, 6.45) is 2.73. The maximum Gasteiger partial charge on any atom is 0.237 e. The van der Waals surface area contributed by atoms with E-state index in [0.717, 1.165) is 0 Å². The Morgan fingerprint density at radius 2 is 2.10 bits per heavy atom. The summed E-state index contributed by atoms with van der Waals surface area (Å²) in [5.41, 5.74) is 0. The Morgan fingerprint density at radius 3 is 2.60 bits per heavy atom. The quantitative estimate of drug-likeness (QED) is 0.774. The molecule has 0 aliphatic rings. The number of sulfone groups is 1. The zero-order chi connectivity index (χ0) is 15.4. The van der Waals surface area contributed by atoms with Crippen molar-refractivity contribution in [1.29, 1.82) is 0 Å². The zero-order valence-electron chi connectivity index (χ0n) is 12.3. The van der Waals surface area contributed by atoms with Gasteiger partial charge in [-0.05, 0) is 32.9 Å². The third-order valence-corrected chi connectivity index (χ3v) is 5.40. The molecular formula is C13H22N2O4S. The Morgan fingerprint density at radius 1 is 1.45 bits per heavy atom. The molecule has 2 N–H and O–H groups in total. The van der Waals surface area contributed by atoms with Crippen molar-refractivity contribution in [3.05, 3.63) is 24.2 Å². The van der Waals surface area contributed by atoms with Gasteiger partial charge in [-0.1, -0.05) is 0 Å². The fourth-order valence-corrected chi connectivity index (χ4v) is 1.71. The number of amides is 1. The highest BCUT2D eigenvalue weighted by Gasteiger charge is 2.30. The van der Waals surface area contributed by atoms with E-state index < -0.39 is 20.6 Å². The molecule has 0 bridgehead atoms. The van der Waals surface area contributed by atoms with Crippen LogP contribution >= 0.6 is 0 Å². The van der Waals surface area contributed by atoms with E-state index in [9.17, 15) is 13.2 Å². The van der Waals surface area contributed by atoms with Gasteiger partial charge in [0, 0.05) is 12.8 Å². The number of hydrogen-bond acceptors (Lipinski definition) is 5. The van der Waals surface area contributed by atoms with Gasteiger partial charge >= 0.3 is 0 Å². The van der Waals surface area contributed by atoms with Crippen molar-refractivity contribution in [3.63, 3.8) is 0 Å². The molecule has 1 rings (SSSR count). The van der Waals surface area contributed by atoms with Crippen molar-refractivity contribution < 1.29 is 17.6 Å². The third-order valence-electron chi connectivity index (χ3n) is 3.25. The molecule has 0 radical (unpaired) electrons. The van der Waals surface area contributed by atoms with Crippen LogP contribution in [0.2, 0.25) is 0 Å². The second-order valence-corrected chi connectivity index (χ2v) is 8.08. The largest absolute Gasteiger partial charge is 0.467 e. The first-order valence-corrected chi connectivity index (χ1v) is 8.26. The molecule has 0 aliphatic carbocycles. The summed E-state index contributed by atoms with van der Waals surface area (Å²) in [7, 11) is -3.18. The summed E-state index contributed by atoms with van der Waals surface area (Å²) in [5, 5.41) is 5.65. The van der Waals surface area contributed by atoms with Crippen molar-refractivity contribution in [3.8, 4) is 0 Å². The molecule has 0 aromatic carbocycles. The lowest BCUT2D eigenvalue weighted by molar-refractivity contribution is -0.123. The van der Waals surface area contributed by atoms with Crippen LogP contribution < -0.4 is 10.6 Å². The maximum absolute atomic E-state index is 11.8. The molecule has 114 valence electrons. The predicted octanol–water partition coefficient (Wildman–Crippen LogP) is 0.697. The third kappa shape index (κ3) is 4.64. The van der Waals surface area contributed by atoms with Gasteiger partial charge in [-0.3, -0.25) is 4.79 Å². The lowest BCUT2D eigenvalue weighted by atomic mass is 10.2. The molecule has 0 spiro atoms. The number of hydrogen-bond donors (Lipinski definition) is 2. The minimum atomic E-state index is -3.18.